The Bertz CT molecular complexity index is 520. The minimum Gasteiger partial charge on any atom is -0.397 e. The van der Waals surface area contributed by atoms with Crippen molar-refractivity contribution in [3.8, 4) is 0 Å². The number of hydrogen-bond acceptors (Lipinski definition) is 2. The third kappa shape index (κ3) is 2.08. The van der Waals surface area contributed by atoms with Crippen LogP contribution in [0, 0.1) is 17.8 Å². The molecule has 4 saturated carbocycles. The first-order valence-electron chi connectivity index (χ1n) is 7.56. The lowest BCUT2D eigenvalue weighted by Crippen LogP contribution is -2.54. The van der Waals surface area contributed by atoms with Gasteiger partial charge in [-0.2, -0.15) is 0 Å². The fraction of sp³-hybridized carbons (Fsp3) is 0.625. The number of rotatable bonds is 2. The van der Waals surface area contributed by atoms with Gasteiger partial charge in [-0.05, 0) is 68.4 Å². The fourth-order valence-electron chi connectivity index (χ4n) is 5.22. The smallest absolute Gasteiger partial charge is 0.0614 e. The Hall–Kier alpha value is -0.600. The maximum atomic E-state index is 6.14. The molecule has 0 aromatic heterocycles. The Morgan fingerprint density at radius 2 is 1.45 bits per heavy atom. The summed E-state index contributed by atoms with van der Waals surface area (Å²) in [5.74, 6) is 2.74. The van der Waals surface area contributed by atoms with Gasteiger partial charge in [0.25, 0.3) is 0 Å². The molecule has 4 heteroatoms. The molecule has 5 rings (SSSR count). The van der Waals surface area contributed by atoms with Gasteiger partial charge in [-0.3, -0.25) is 0 Å². The SMILES string of the molecule is Nc1cc(Cl)c(Cl)cc1NC12CC3CC(CC(C3)C1)C2. The Morgan fingerprint density at radius 3 is 2.00 bits per heavy atom. The minimum atomic E-state index is 0.250. The second-order valence-corrected chi connectivity index (χ2v) is 7.99. The zero-order valence-corrected chi connectivity index (χ0v) is 13.0. The molecule has 1 aromatic rings. The number of benzene rings is 1. The number of nitrogens with one attached hydrogen (secondary N) is 1. The second kappa shape index (κ2) is 4.45. The van der Waals surface area contributed by atoms with Crippen molar-refractivity contribution >= 4 is 34.6 Å². The molecule has 1 aromatic carbocycles. The van der Waals surface area contributed by atoms with Gasteiger partial charge in [0.1, 0.15) is 0 Å². The van der Waals surface area contributed by atoms with Crippen molar-refractivity contribution in [2.24, 2.45) is 17.8 Å². The van der Waals surface area contributed by atoms with E-state index in [1.807, 2.05) is 6.07 Å². The molecule has 108 valence electrons. The molecular weight excluding hydrogens is 291 g/mol. The van der Waals surface area contributed by atoms with E-state index in [9.17, 15) is 0 Å². The lowest BCUT2D eigenvalue weighted by atomic mass is 9.53. The average molecular weight is 311 g/mol. The molecule has 0 heterocycles. The van der Waals surface area contributed by atoms with E-state index in [-0.39, 0.29) is 5.54 Å². The normalized spacial score (nSPS) is 38.2. The molecule has 0 amide bonds. The summed E-state index contributed by atoms with van der Waals surface area (Å²) < 4.78 is 0. The fourth-order valence-corrected chi connectivity index (χ4v) is 5.56. The van der Waals surface area contributed by atoms with Crippen molar-refractivity contribution in [3.63, 3.8) is 0 Å². The number of nitrogen functional groups attached to an aromatic ring is 1. The van der Waals surface area contributed by atoms with Crippen LogP contribution in [0.25, 0.3) is 0 Å². The first kappa shape index (κ1) is 13.1. The topological polar surface area (TPSA) is 38.0 Å². The van der Waals surface area contributed by atoms with Gasteiger partial charge in [-0.1, -0.05) is 23.2 Å². The zero-order valence-electron chi connectivity index (χ0n) is 11.5. The lowest BCUT2D eigenvalue weighted by Gasteiger charge is -2.57. The highest BCUT2D eigenvalue weighted by atomic mass is 35.5. The molecule has 0 spiro atoms. The van der Waals surface area contributed by atoms with Crippen molar-refractivity contribution < 1.29 is 0 Å². The van der Waals surface area contributed by atoms with Crippen molar-refractivity contribution in [1.82, 2.24) is 0 Å². The highest BCUT2D eigenvalue weighted by molar-refractivity contribution is 6.42. The van der Waals surface area contributed by atoms with Crippen LogP contribution in [0.5, 0.6) is 0 Å². The average Bonchev–Trinajstić information content (AvgIpc) is 2.34. The summed E-state index contributed by atoms with van der Waals surface area (Å²) in [4.78, 5) is 0. The molecule has 4 aliphatic carbocycles. The predicted molar refractivity (Wildman–Crippen MR) is 85.4 cm³/mol. The monoisotopic (exact) mass is 310 g/mol. The summed E-state index contributed by atoms with van der Waals surface area (Å²) in [5, 5.41) is 4.86. The molecule has 4 aliphatic rings. The Labute approximate surface area is 130 Å². The first-order valence-corrected chi connectivity index (χ1v) is 8.31. The Kier molecular flexibility index (Phi) is 2.91. The molecule has 0 aliphatic heterocycles. The van der Waals surface area contributed by atoms with Crippen LogP contribution in [0.3, 0.4) is 0 Å². The molecule has 3 N–H and O–H groups in total. The Morgan fingerprint density at radius 1 is 0.950 bits per heavy atom. The lowest BCUT2D eigenvalue weighted by molar-refractivity contribution is 0.0107. The van der Waals surface area contributed by atoms with Gasteiger partial charge in [0, 0.05) is 5.54 Å². The van der Waals surface area contributed by atoms with Crippen LogP contribution in [0.15, 0.2) is 12.1 Å². The summed E-state index contributed by atoms with van der Waals surface area (Å²) in [7, 11) is 0. The third-order valence-electron chi connectivity index (χ3n) is 5.53. The van der Waals surface area contributed by atoms with Crippen molar-refractivity contribution in [2.45, 2.75) is 44.1 Å². The molecule has 0 saturated heterocycles. The van der Waals surface area contributed by atoms with Gasteiger partial charge in [0.2, 0.25) is 0 Å². The highest BCUT2D eigenvalue weighted by Gasteiger charge is 2.51. The van der Waals surface area contributed by atoms with Crippen LogP contribution in [0.2, 0.25) is 10.0 Å². The van der Waals surface area contributed by atoms with Crippen molar-refractivity contribution in [2.75, 3.05) is 11.1 Å². The van der Waals surface area contributed by atoms with Gasteiger partial charge in [-0.25, -0.2) is 0 Å². The van der Waals surface area contributed by atoms with Gasteiger partial charge >= 0.3 is 0 Å². The maximum absolute atomic E-state index is 6.14. The van der Waals surface area contributed by atoms with E-state index in [1.165, 1.54) is 38.5 Å². The van der Waals surface area contributed by atoms with Crippen molar-refractivity contribution in [1.29, 1.82) is 0 Å². The van der Waals surface area contributed by atoms with Gasteiger partial charge in [0.15, 0.2) is 0 Å². The van der Waals surface area contributed by atoms with E-state index < -0.39 is 0 Å². The molecule has 4 fully saturated rings. The number of nitrogens with two attached hydrogens (primary N) is 1. The van der Waals surface area contributed by atoms with E-state index >= 15 is 0 Å². The van der Waals surface area contributed by atoms with Crippen LogP contribution in [-0.4, -0.2) is 5.54 Å². The first-order chi connectivity index (χ1) is 9.53. The maximum Gasteiger partial charge on any atom is 0.0614 e. The van der Waals surface area contributed by atoms with E-state index in [2.05, 4.69) is 5.32 Å². The van der Waals surface area contributed by atoms with Crippen LogP contribution < -0.4 is 11.1 Å². The summed E-state index contributed by atoms with van der Waals surface area (Å²) in [6, 6.07) is 3.64. The van der Waals surface area contributed by atoms with Gasteiger partial charge in [0.05, 0.1) is 21.4 Å². The molecule has 0 atom stereocenters. The largest absolute Gasteiger partial charge is 0.397 e. The molecule has 0 radical (unpaired) electrons. The second-order valence-electron chi connectivity index (χ2n) is 7.18. The van der Waals surface area contributed by atoms with E-state index in [0.29, 0.717) is 15.7 Å². The van der Waals surface area contributed by atoms with Gasteiger partial charge in [-0.15, -0.1) is 0 Å². The molecule has 0 unspecified atom stereocenters. The van der Waals surface area contributed by atoms with Crippen molar-refractivity contribution in [3.05, 3.63) is 22.2 Å². The Balaban J connectivity index is 1.64. The zero-order chi connectivity index (χ0) is 13.9. The molecule has 2 nitrogen and oxygen atoms in total. The number of hydrogen-bond donors (Lipinski definition) is 2. The van der Waals surface area contributed by atoms with Crippen LogP contribution in [0.4, 0.5) is 11.4 Å². The van der Waals surface area contributed by atoms with Crippen LogP contribution in [-0.2, 0) is 0 Å². The molecule has 20 heavy (non-hydrogen) atoms. The minimum absolute atomic E-state index is 0.250. The summed E-state index contributed by atoms with van der Waals surface area (Å²) in [6.45, 7) is 0. The number of anilines is 2. The van der Waals surface area contributed by atoms with Crippen LogP contribution in [0.1, 0.15) is 38.5 Å². The van der Waals surface area contributed by atoms with E-state index in [1.54, 1.807) is 6.07 Å². The summed E-state index contributed by atoms with van der Waals surface area (Å²) in [5.41, 5.74) is 8.03. The molecular formula is C16H20Cl2N2. The predicted octanol–water partition coefficient (Wildman–Crippen LogP) is 4.96. The third-order valence-corrected chi connectivity index (χ3v) is 6.25. The summed E-state index contributed by atoms with van der Waals surface area (Å²) in [6.07, 6.45) is 8.20. The van der Waals surface area contributed by atoms with Gasteiger partial charge < -0.3 is 11.1 Å². The van der Waals surface area contributed by atoms with Crippen LogP contribution >= 0.6 is 23.2 Å². The number of halogens is 2. The van der Waals surface area contributed by atoms with E-state index in [4.69, 9.17) is 28.9 Å². The van der Waals surface area contributed by atoms with E-state index in [0.717, 1.165) is 23.4 Å². The summed E-state index contributed by atoms with van der Waals surface area (Å²) >= 11 is 12.2. The molecule has 4 bridgehead atoms. The highest BCUT2D eigenvalue weighted by Crippen LogP contribution is 2.57. The quantitative estimate of drug-likeness (QED) is 0.758. The standard InChI is InChI=1S/C16H20Cl2N2/c17-12-4-14(19)15(5-13(12)18)20-16-6-9-1-10(7-16)3-11(2-9)8-16/h4-5,9-11,20H,1-3,6-8,19H2.